The van der Waals surface area contributed by atoms with Gasteiger partial charge in [0, 0.05) is 46.3 Å². The molecule has 1 saturated heterocycles. The molecule has 7 nitrogen and oxygen atoms in total. The number of fused-ring (bicyclic) bond motifs is 4. The summed E-state index contributed by atoms with van der Waals surface area (Å²) in [6, 6.07) is 7.64. The fourth-order valence-electron chi connectivity index (χ4n) is 7.38. The van der Waals surface area contributed by atoms with Crippen LogP contribution in [0.1, 0.15) is 52.5 Å². The molecule has 0 bridgehead atoms. The fraction of sp³-hybridized carbons (Fsp3) is 0.500. The van der Waals surface area contributed by atoms with Gasteiger partial charge in [0.15, 0.2) is 5.78 Å². The number of hydrogen-bond donors (Lipinski definition) is 2. The minimum Gasteiger partial charge on any atom is -0.366 e. The maximum absolute atomic E-state index is 14.0. The van der Waals surface area contributed by atoms with Crippen LogP contribution in [0.3, 0.4) is 0 Å². The van der Waals surface area contributed by atoms with E-state index in [4.69, 9.17) is 4.74 Å². The second-order valence-electron chi connectivity index (χ2n) is 12.4. The molecule has 2 heterocycles. The Labute approximate surface area is 229 Å². The molecule has 1 aromatic carbocycles. The molecule has 2 aromatic rings. The topological polar surface area (TPSA) is 109 Å². The standard InChI is InChI=1S/C32H38N2O5/c1-19-8-7-10-23-28(25(36)12-13-26(37)29(38)20(2)14-19)31(3,17-32(4)30(23)39-32)27(34-18-35)15-21-16-33-24-11-6-5-9-22(21)24/h5-7,9-13,16,18-20,23,27-28,30,33H,8,14-15,17H2,1-4H3,(H,34,35)/t19?,20?,23?,27-,28-,30-,31-,32+/m0/s1. The van der Waals surface area contributed by atoms with Crippen molar-refractivity contribution >= 4 is 34.7 Å². The van der Waals surface area contributed by atoms with Crippen LogP contribution in [0.25, 0.3) is 10.9 Å². The highest BCUT2D eigenvalue weighted by Gasteiger charge is 2.68. The lowest BCUT2D eigenvalue weighted by atomic mass is 9.54. The van der Waals surface area contributed by atoms with Gasteiger partial charge in [-0.3, -0.25) is 19.2 Å². The lowest BCUT2D eigenvalue weighted by Gasteiger charge is -2.48. The number of rotatable bonds is 5. The van der Waals surface area contributed by atoms with Crippen LogP contribution in [-0.2, 0) is 30.3 Å². The van der Waals surface area contributed by atoms with Gasteiger partial charge >= 0.3 is 0 Å². The highest BCUT2D eigenvalue weighted by molar-refractivity contribution is 6.42. The smallest absolute Gasteiger partial charge is 0.221 e. The number of ketones is 3. The third-order valence-corrected chi connectivity index (χ3v) is 9.33. The average Bonchev–Trinajstić information content (AvgIpc) is 3.40. The molecule has 0 spiro atoms. The van der Waals surface area contributed by atoms with Crippen LogP contribution in [0.4, 0.5) is 0 Å². The lowest BCUT2D eigenvalue weighted by Crippen LogP contribution is -2.57. The summed E-state index contributed by atoms with van der Waals surface area (Å²) in [5.41, 5.74) is 0.965. The number of aromatic nitrogens is 1. The quantitative estimate of drug-likeness (QED) is 0.256. The molecule has 1 aliphatic heterocycles. The fourth-order valence-corrected chi connectivity index (χ4v) is 7.38. The van der Waals surface area contributed by atoms with Crippen molar-refractivity contribution < 1.29 is 23.9 Å². The summed E-state index contributed by atoms with van der Waals surface area (Å²) in [5, 5.41) is 4.13. The van der Waals surface area contributed by atoms with E-state index < -0.39 is 34.4 Å². The highest BCUT2D eigenvalue weighted by Crippen LogP contribution is 2.61. The number of carbonyl (C=O) groups excluding carboxylic acids is 4. The number of para-hydroxylation sites is 1. The lowest BCUT2D eigenvalue weighted by molar-refractivity contribution is -0.136. The van der Waals surface area contributed by atoms with Crippen molar-refractivity contribution in [3.05, 3.63) is 60.3 Å². The van der Waals surface area contributed by atoms with Gasteiger partial charge in [-0.2, -0.15) is 0 Å². The first-order valence-electron chi connectivity index (χ1n) is 14.0. The third-order valence-electron chi connectivity index (χ3n) is 9.33. The van der Waals surface area contributed by atoms with E-state index in [2.05, 4.69) is 43.2 Å². The first kappa shape index (κ1) is 27.3. The van der Waals surface area contributed by atoms with E-state index in [1.807, 2.05) is 30.5 Å². The summed E-state index contributed by atoms with van der Waals surface area (Å²) in [6.07, 6.45) is 11.6. The molecule has 2 fully saturated rings. The summed E-state index contributed by atoms with van der Waals surface area (Å²) < 4.78 is 6.27. The number of nitrogens with one attached hydrogen (secondary N) is 2. The van der Waals surface area contributed by atoms with Crippen molar-refractivity contribution in [2.24, 2.45) is 29.1 Å². The largest absolute Gasteiger partial charge is 0.366 e. The van der Waals surface area contributed by atoms with E-state index >= 15 is 0 Å². The Balaban J connectivity index is 1.57. The number of benzene rings is 1. The van der Waals surface area contributed by atoms with Gasteiger partial charge in [0.1, 0.15) is 0 Å². The number of epoxide rings is 1. The molecular weight excluding hydrogens is 492 g/mol. The molecular formula is C32H38N2O5. The Morgan fingerprint density at radius 2 is 1.92 bits per heavy atom. The van der Waals surface area contributed by atoms with E-state index in [9.17, 15) is 19.2 Å². The Hall–Kier alpha value is -3.32. The molecule has 5 rings (SSSR count). The Morgan fingerprint density at radius 1 is 1.15 bits per heavy atom. The van der Waals surface area contributed by atoms with E-state index in [1.165, 1.54) is 6.08 Å². The summed E-state index contributed by atoms with van der Waals surface area (Å²) in [4.78, 5) is 54.6. The minimum absolute atomic E-state index is 0.120. The van der Waals surface area contributed by atoms with Gasteiger partial charge in [-0.25, -0.2) is 0 Å². The van der Waals surface area contributed by atoms with Gasteiger partial charge in [-0.15, -0.1) is 0 Å². The maximum atomic E-state index is 14.0. The first-order valence-corrected chi connectivity index (χ1v) is 14.0. The van der Waals surface area contributed by atoms with E-state index in [0.717, 1.165) is 29.0 Å². The van der Waals surface area contributed by atoms with E-state index in [-0.39, 0.29) is 29.8 Å². The third kappa shape index (κ3) is 5.05. The van der Waals surface area contributed by atoms with Gasteiger partial charge in [0.2, 0.25) is 18.0 Å². The average molecular weight is 531 g/mol. The van der Waals surface area contributed by atoms with Crippen LogP contribution >= 0.6 is 0 Å². The molecule has 8 atom stereocenters. The zero-order valence-electron chi connectivity index (χ0n) is 23.1. The predicted octanol–water partition coefficient (Wildman–Crippen LogP) is 4.51. The highest BCUT2D eigenvalue weighted by atomic mass is 16.6. The zero-order chi connectivity index (χ0) is 27.9. The van der Waals surface area contributed by atoms with Crippen molar-refractivity contribution in [2.75, 3.05) is 0 Å². The van der Waals surface area contributed by atoms with Crippen LogP contribution in [-0.4, -0.2) is 46.5 Å². The zero-order valence-corrected chi connectivity index (χ0v) is 23.1. The van der Waals surface area contributed by atoms with Crippen LogP contribution < -0.4 is 5.32 Å². The van der Waals surface area contributed by atoms with E-state index in [1.54, 1.807) is 6.92 Å². The minimum atomic E-state index is -0.691. The molecule has 1 amide bonds. The van der Waals surface area contributed by atoms with Gasteiger partial charge in [-0.05, 0) is 62.3 Å². The maximum Gasteiger partial charge on any atom is 0.221 e. The van der Waals surface area contributed by atoms with E-state index in [0.29, 0.717) is 25.7 Å². The van der Waals surface area contributed by atoms with Gasteiger partial charge in [0.05, 0.1) is 11.7 Å². The van der Waals surface area contributed by atoms with Crippen LogP contribution in [0.2, 0.25) is 0 Å². The number of carbonyl (C=O) groups is 4. The monoisotopic (exact) mass is 530 g/mol. The number of Topliss-reactive ketones (excluding diaryl/α,β-unsaturated/α-hetero) is 1. The molecule has 1 aromatic heterocycles. The summed E-state index contributed by atoms with van der Waals surface area (Å²) in [6.45, 7) is 7.98. The number of hydrogen-bond acceptors (Lipinski definition) is 5. The second kappa shape index (κ2) is 10.3. The Kier molecular flexibility index (Phi) is 7.23. The number of ether oxygens (including phenoxy) is 1. The Morgan fingerprint density at radius 3 is 2.69 bits per heavy atom. The van der Waals surface area contributed by atoms with Crippen LogP contribution in [0.15, 0.2) is 54.8 Å². The van der Waals surface area contributed by atoms with Crippen molar-refractivity contribution in [3.8, 4) is 0 Å². The van der Waals surface area contributed by atoms with Crippen LogP contribution in [0.5, 0.6) is 0 Å². The molecule has 3 aliphatic rings. The molecule has 0 radical (unpaired) electrons. The molecule has 2 N–H and O–H groups in total. The molecule has 7 heteroatoms. The molecule has 3 unspecified atom stereocenters. The number of allylic oxidation sites excluding steroid dienone is 3. The normalized spacial score (nSPS) is 35.8. The number of H-pyrrole nitrogens is 1. The summed E-state index contributed by atoms with van der Waals surface area (Å²) in [7, 11) is 0. The van der Waals surface area contributed by atoms with Gasteiger partial charge < -0.3 is 15.0 Å². The van der Waals surface area contributed by atoms with Crippen molar-refractivity contribution in [3.63, 3.8) is 0 Å². The molecule has 39 heavy (non-hydrogen) atoms. The number of aromatic amines is 1. The molecule has 1 saturated carbocycles. The predicted molar refractivity (Wildman–Crippen MR) is 149 cm³/mol. The SMILES string of the molecule is CC1CC=CC2[C@@H](C(=O)C=CC(=O)C(=O)C(C)C1)[C@](C)([C@H](Cc1c[nH]c3ccccc13)NC=O)C[C@@]1(C)O[C@@H]21. The summed E-state index contributed by atoms with van der Waals surface area (Å²) >= 11 is 0. The van der Waals surface area contributed by atoms with Gasteiger partial charge in [0.25, 0.3) is 0 Å². The van der Waals surface area contributed by atoms with Crippen molar-refractivity contribution in [1.82, 2.24) is 10.3 Å². The number of amides is 1. The Bertz CT molecular complexity index is 1360. The van der Waals surface area contributed by atoms with Crippen LogP contribution in [0, 0.1) is 29.1 Å². The summed E-state index contributed by atoms with van der Waals surface area (Å²) in [5.74, 6) is -2.29. The van der Waals surface area contributed by atoms with Crippen molar-refractivity contribution in [2.45, 2.75) is 71.1 Å². The molecule has 2 aliphatic carbocycles. The first-order chi connectivity index (χ1) is 18.6. The van der Waals surface area contributed by atoms with Crippen molar-refractivity contribution in [1.29, 1.82) is 0 Å². The van der Waals surface area contributed by atoms with Gasteiger partial charge in [-0.1, -0.05) is 51.1 Å². The molecule has 206 valence electrons. The second-order valence-corrected chi connectivity index (χ2v) is 12.4.